The van der Waals surface area contributed by atoms with Crippen LogP contribution in [-0.2, 0) is 9.59 Å². The van der Waals surface area contributed by atoms with E-state index in [2.05, 4.69) is 77.9 Å². The van der Waals surface area contributed by atoms with Gasteiger partial charge in [-0.1, -0.05) is 285 Å². The summed E-state index contributed by atoms with van der Waals surface area (Å²) >= 11 is 5.76. The number of rotatable bonds is 47. The molecule has 0 bridgehead atoms. The summed E-state index contributed by atoms with van der Waals surface area (Å²) in [5.41, 5.74) is 0. The van der Waals surface area contributed by atoms with E-state index in [4.69, 9.17) is 0 Å². The van der Waals surface area contributed by atoms with Crippen molar-refractivity contribution in [2.45, 2.75) is 362 Å². The number of thiophene rings is 3. The molecular formula is C82H134O2S3. The van der Waals surface area contributed by atoms with Gasteiger partial charge in [0, 0.05) is 41.1 Å². The summed E-state index contributed by atoms with van der Waals surface area (Å²) in [5.74, 6) is 8.72. The van der Waals surface area contributed by atoms with Gasteiger partial charge in [-0.25, -0.2) is 0 Å². The van der Waals surface area contributed by atoms with Crippen LogP contribution in [0.5, 0.6) is 0 Å². The third kappa shape index (κ3) is 22.0. The van der Waals surface area contributed by atoms with Crippen LogP contribution in [0, 0.1) is 84.9 Å². The Labute approximate surface area is 549 Å². The average Bonchev–Trinajstić information content (AvgIpc) is 1.78. The predicted molar refractivity (Wildman–Crippen MR) is 383 cm³/mol. The van der Waals surface area contributed by atoms with Crippen molar-refractivity contribution in [1.29, 1.82) is 0 Å². The zero-order valence-corrected chi connectivity index (χ0v) is 60.0. The number of Topliss-reactive ketones (excluding diaryl/α,β-unsaturated/α-hetero) is 2. The topological polar surface area (TPSA) is 34.1 Å². The zero-order chi connectivity index (χ0) is 61.0. The van der Waals surface area contributed by atoms with E-state index in [0.717, 1.165) is 24.7 Å². The van der Waals surface area contributed by atoms with Crippen molar-refractivity contribution >= 4 is 45.6 Å². The Bertz CT molecular complexity index is 2270. The number of aryl methyl sites for hydroxylation is 2. The lowest BCUT2D eigenvalue weighted by Gasteiger charge is -2.59. The normalized spacial score (nSPS) is 26.7. The standard InChI is InChI=1S/C82H134O2S3/c1-7-11-15-19-23-27-29-33-37-41-45-63(43-39-35-31-25-21-17-13-9-3)53-69-71-55-65-57-75(77-49-47-61(5)85-77)81(83)67(65)59-73(71)70(54-64(44-40-36-32-26-22-18-14-10-4)46-42-38-34-30-28-24-20-16-12-8-2)72-56-66-58-76(82(84)68(66)60-74(69)72)78-51-52-80(87-78)79-50-48-62(6)86-79/h47-52,63-76H,7-46,53-60H2,1-6H3. The van der Waals surface area contributed by atoms with Gasteiger partial charge in [0.25, 0.3) is 0 Å². The average molecular weight is 1250 g/mol. The van der Waals surface area contributed by atoms with E-state index >= 15 is 9.59 Å². The van der Waals surface area contributed by atoms with Crippen molar-refractivity contribution in [2.75, 3.05) is 0 Å². The molecule has 0 saturated heterocycles. The molecule has 3 heterocycles. The van der Waals surface area contributed by atoms with Crippen molar-refractivity contribution in [3.8, 4) is 9.75 Å². The van der Waals surface area contributed by atoms with E-state index < -0.39 is 0 Å². The SMILES string of the molecule is CCCCCCCCCCCCC(CCCCCCCCCC)CC1C2CC3CC(c4ccc(-c5ccc(C)s5)s4)C(=O)C3CC2C(CC(CCCCCCCCCC)CCCCCCCCCCCC)C2CC3CC(c4ccc(C)s4)C(=O)C3CC12. The van der Waals surface area contributed by atoms with Gasteiger partial charge in [0.2, 0.25) is 0 Å². The van der Waals surface area contributed by atoms with Gasteiger partial charge in [-0.05, 0) is 161 Å². The minimum absolute atomic E-state index is 0.0751. The van der Waals surface area contributed by atoms with Gasteiger partial charge >= 0.3 is 0 Å². The molecule has 8 rings (SSSR count). The molecule has 87 heavy (non-hydrogen) atoms. The predicted octanol–water partition coefficient (Wildman–Crippen LogP) is 27.4. The molecule has 0 aliphatic heterocycles. The molecule has 0 amide bonds. The van der Waals surface area contributed by atoms with Gasteiger partial charge in [-0.2, -0.15) is 0 Å². The van der Waals surface area contributed by atoms with Crippen LogP contribution in [0.2, 0.25) is 0 Å². The van der Waals surface area contributed by atoms with Crippen LogP contribution in [0.4, 0.5) is 0 Å². The molecule has 5 heteroatoms. The Morgan fingerprint density at radius 3 is 0.954 bits per heavy atom. The van der Waals surface area contributed by atoms with Crippen LogP contribution in [0.1, 0.15) is 367 Å². The molecule has 0 N–H and O–H groups in total. The van der Waals surface area contributed by atoms with Gasteiger partial charge < -0.3 is 0 Å². The fourth-order valence-corrected chi connectivity index (χ4v) is 22.6. The molecule has 5 aliphatic carbocycles. The first-order valence-corrected chi connectivity index (χ1v) is 41.5. The lowest BCUT2D eigenvalue weighted by Crippen LogP contribution is -2.54. The van der Waals surface area contributed by atoms with E-state index in [1.54, 1.807) is 0 Å². The number of ketones is 2. The molecule has 492 valence electrons. The third-order valence-corrected chi connectivity index (χ3v) is 27.8. The maximum absolute atomic E-state index is 15.5. The van der Waals surface area contributed by atoms with Crippen molar-refractivity contribution in [3.63, 3.8) is 0 Å². The van der Waals surface area contributed by atoms with E-state index in [0.29, 0.717) is 58.9 Å². The van der Waals surface area contributed by atoms with Crippen LogP contribution < -0.4 is 0 Å². The van der Waals surface area contributed by atoms with E-state index in [-0.39, 0.29) is 23.7 Å². The Morgan fingerprint density at radius 2 is 0.621 bits per heavy atom. The molecule has 5 aliphatic rings. The second-order valence-electron chi connectivity index (χ2n) is 30.8. The molecule has 5 fully saturated rings. The first kappa shape index (κ1) is 71.3. The molecule has 5 saturated carbocycles. The number of hydrogen-bond acceptors (Lipinski definition) is 5. The molecule has 14 unspecified atom stereocenters. The van der Waals surface area contributed by atoms with Gasteiger partial charge in [0.15, 0.2) is 0 Å². The number of hydrogen-bond donors (Lipinski definition) is 0. The van der Waals surface area contributed by atoms with E-state index in [1.807, 2.05) is 34.0 Å². The molecular weight excluding hydrogens is 1110 g/mol. The van der Waals surface area contributed by atoms with Gasteiger partial charge in [-0.3, -0.25) is 9.59 Å². The fraction of sp³-hybridized carbons (Fsp3) is 0.829. The summed E-state index contributed by atoms with van der Waals surface area (Å²) in [7, 11) is 0. The number of carbonyl (C=O) groups is 2. The van der Waals surface area contributed by atoms with Crippen molar-refractivity contribution < 1.29 is 9.59 Å². The molecule has 3 aromatic rings. The zero-order valence-electron chi connectivity index (χ0n) is 57.5. The molecule has 0 spiro atoms. The quantitative estimate of drug-likeness (QED) is 0.0528. The number of fused-ring (bicyclic) bond motifs is 4. The van der Waals surface area contributed by atoms with Crippen molar-refractivity contribution in [1.82, 2.24) is 0 Å². The molecule has 3 aromatic heterocycles. The van der Waals surface area contributed by atoms with Crippen LogP contribution >= 0.6 is 34.0 Å². The van der Waals surface area contributed by atoms with E-state index in [1.165, 1.54) is 325 Å². The van der Waals surface area contributed by atoms with Crippen LogP contribution in [0.15, 0.2) is 36.4 Å². The molecule has 0 radical (unpaired) electrons. The first-order chi connectivity index (χ1) is 42.7. The highest BCUT2D eigenvalue weighted by Gasteiger charge is 2.61. The van der Waals surface area contributed by atoms with Crippen molar-refractivity contribution in [2.24, 2.45) is 71.0 Å². The second kappa shape index (κ2) is 39.9. The van der Waals surface area contributed by atoms with Gasteiger partial charge in [-0.15, -0.1) is 34.0 Å². The summed E-state index contributed by atoms with van der Waals surface area (Å²) in [6, 6.07) is 13.9. The molecule has 2 nitrogen and oxygen atoms in total. The maximum Gasteiger partial charge on any atom is 0.144 e. The number of carbonyl (C=O) groups excluding carboxylic acids is 2. The minimum atomic E-state index is 0.0751. The summed E-state index contributed by atoms with van der Waals surface area (Å²) in [6.45, 7) is 13.9. The first-order valence-electron chi connectivity index (χ1n) is 39.0. The highest BCUT2D eigenvalue weighted by molar-refractivity contribution is 7.22. The van der Waals surface area contributed by atoms with Crippen molar-refractivity contribution in [3.05, 3.63) is 55.9 Å². The summed E-state index contributed by atoms with van der Waals surface area (Å²) in [5, 5.41) is 0. The fourth-order valence-electron chi connectivity index (χ4n) is 19.5. The third-order valence-electron chi connectivity index (χ3n) is 24.3. The molecule has 0 aromatic carbocycles. The largest absolute Gasteiger partial charge is 0.299 e. The Kier molecular flexibility index (Phi) is 32.7. The lowest BCUT2D eigenvalue weighted by molar-refractivity contribution is -0.138. The van der Waals surface area contributed by atoms with Crippen LogP contribution in [0.3, 0.4) is 0 Å². The Balaban J connectivity index is 1.08. The highest BCUT2D eigenvalue weighted by atomic mass is 32.1. The maximum atomic E-state index is 15.5. The Hall–Kier alpha value is -1.56. The summed E-state index contributed by atoms with van der Waals surface area (Å²) < 4.78 is 0. The smallest absolute Gasteiger partial charge is 0.144 e. The minimum Gasteiger partial charge on any atom is -0.299 e. The lowest BCUT2D eigenvalue weighted by atomic mass is 9.45. The number of unbranched alkanes of at least 4 members (excludes halogenated alkanes) is 32. The Morgan fingerprint density at radius 1 is 0.333 bits per heavy atom. The van der Waals surface area contributed by atoms with Gasteiger partial charge in [0.1, 0.15) is 11.6 Å². The molecule has 14 atom stereocenters. The highest BCUT2D eigenvalue weighted by Crippen LogP contribution is 2.66. The van der Waals surface area contributed by atoms with Gasteiger partial charge in [0.05, 0.1) is 11.8 Å². The summed E-state index contributed by atoms with van der Waals surface area (Å²) in [4.78, 5) is 38.9. The van der Waals surface area contributed by atoms with Crippen LogP contribution in [0.25, 0.3) is 9.75 Å². The monoisotopic (exact) mass is 1250 g/mol. The van der Waals surface area contributed by atoms with Crippen LogP contribution in [-0.4, -0.2) is 11.6 Å². The summed E-state index contributed by atoms with van der Waals surface area (Å²) in [6.07, 6.45) is 66.4. The van der Waals surface area contributed by atoms with E-state index in [9.17, 15) is 0 Å². The second-order valence-corrected chi connectivity index (χ2v) is 34.5.